The maximum Gasteiger partial charge on any atom is 0.155 e. The van der Waals surface area contributed by atoms with Gasteiger partial charge in [-0.15, -0.1) is 10.2 Å². The smallest absolute Gasteiger partial charge is 0.155 e. The summed E-state index contributed by atoms with van der Waals surface area (Å²) in [7, 11) is 1.65. The summed E-state index contributed by atoms with van der Waals surface area (Å²) in [6.45, 7) is 1.21. The van der Waals surface area contributed by atoms with E-state index in [-0.39, 0.29) is 0 Å². The normalized spacial score (nSPS) is 14.0. The molecule has 3 rings (SSSR count). The molecule has 98 valence electrons. The molecule has 1 aliphatic rings. The number of rotatable bonds is 2. The second-order valence-corrected chi connectivity index (χ2v) is 4.69. The molecule has 0 bridgehead atoms. The Morgan fingerprint density at radius 2 is 1.95 bits per heavy atom. The van der Waals surface area contributed by atoms with Crippen molar-refractivity contribution < 1.29 is 9.47 Å². The minimum atomic E-state index is 0.482. The molecule has 0 N–H and O–H groups in total. The molecule has 0 saturated carbocycles. The average molecular weight is 277 g/mol. The Bertz CT molecular complexity index is 599. The van der Waals surface area contributed by atoms with E-state index in [1.54, 1.807) is 7.11 Å². The van der Waals surface area contributed by atoms with Crippen LogP contribution in [0, 0.1) is 0 Å². The Kier molecular flexibility index (Phi) is 3.36. The van der Waals surface area contributed by atoms with Gasteiger partial charge in [0.1, 0.15) is 5.75 Å². The van der Waals surface area contributed by atoms with Gasteiger partial charge in [0.25, 0.3) is 0 Å². The number of nitrogens with zero attached hydrogens (tertiary/aromatic N) is 2. The predicted molar refractivity (Wildman–Crippen MR) is 72.4 cm³/mol. The van der Waals surface area contributed by atoms with Crippen molar-refractivity contribution in [3.05, 3.63) is 40.5 Å². The molecule has 1 aromatic heterocycles. The van der Waals surface area contributed by atoms with E-state index in [2.05, 4.69) is 10.2 Å². The lowest BCUT2D eigenvalue weighted by Gasteiger charge is -2.19. The van der Waals surface area contributed by atoms with E-state index in [1.165, 1.54) is 0 Å². The molecule has 0 saturated heterocycles. The summed E-state index contributed by atoms with van der Waals surface area (Å²) in [5.41, 5.74) is 3.92. The maximum absolute atomic E-state index is 6.10. The standard InChI is InChI=1S/C14H13ClN2O2/c1-18-10-4-2-9(3-5-10)13-12-8-19-7-6-11(12)14(15)17-16-13/h2-5H,6-8H2,1H3. The molecule has 5 heteroatoms. The van der Waals surface area contributed by atoms with Crippen LogP contribution in [-0.4, -0.2) is 23.9 Å². The Balaban J connectivity index is 2.09. The Labute approximate surface area is 116 Å². The fraction of sp³-hybridized carbons (Fsp3) is 0.286. The second kappa shape index (κ2) is 5.15. The Morgan fingerprint density at radius 3 is 2.68 bits per heavy atom. The third kappa shape index (κ3) is 2.29. The number of hydrogen-bond acceptors (Lipinski definition) is 4. The van der Waals surface area contributed by atoms with Gasteiger partial charge in [-0.1, -0.05) is 11.6 Å². The van der Waals surface area contributed by atoms with Crippen LogP contribution in [-0.2, 0) is 17.8 Å². The average Bonchev–Trinajstić information content (AvgIpc) is 2.48. The minimum Gasteiger partial charge on any atom is -0.497 e. The van der Waals surface area contributed by atoms with E-state index in [4.69, 9.17) is 21.1 Å². The predicted octanol–water partition coefficient (Wildman–Crippen LogP) is 2.88. The topological polar surface area (TPSA) is 44.2 Å². The summed E-state index contributed by atoms with van der Waals surface area (Å²) < 4.78 is 10.7. The Hall–Kier alpha value is -1.65. The first-order chi connectivity index (χ1) is 9.29. The van der Waals surface area contributed by atoms with Crippen molar-refractivity contribution >= 4 is 11.6 Å². The lowest BCUT2D eigenvalue weighted by molar-refractivity contribution is 0.110. The summed E-state index contributed by atoms with van der Waals surface area (Å²) in [4.78, 5) is 0. The lowest BCUT2D eigenvalue weighted by atomic mass is 10.00. The number of ether oxygens (including phenoxy) is 2. The highest BCUT2D eigenvalue weighted by atomic mass is 35.5. The zero-order chi connectivity index (χ0) is 13.2. The fourth-order valence-electron chi connectivity index (χ4n) is 2.22. The van der Waals surface area contributed by atoms with Gasteiger partial charge in [0.2, 0.25) is 0 Å². The van der Waals surface area contributed by atoms with E-state index in [0.29, 0.717) is 18.4 Å². The van der Waals surface area contributed by atoms with Crippen LogP contribution in [0.1, 0.15) is 11.1 Å². The summed E-state index contributed by atoms with van der Waals surface area (Å²) in [5.74, 6) is 0.816. The lowest BCUT2D eigenvalue weighted by Crippen LogP contribution is -2.14. The third-order valence-corrected chi connectivity index (χ3v) is 3.55. The van der Waals surface area contributed by atoms with Crippen LogP contribution in [0.25, 0.3) is 11.3 Å². The van der Waals surface area contributed by atoms with E-state index in [9.17, 15) is 0 Å². The van der Waals surface area contributed by atoms with E-state index in [0.717, 1.165) is 34.6 Å². The largest absolute Gasteiger partial charge is 0.497 e. The monoisotopic (exact) mass is 276 g/mol. The van der Waals surface area contributed by atoms with Gasteiger partial charge in [-0.2, -0.15) is 0 Å². The highest BCUT2D eigenvalue weighted by molar-refractivity contribution is 6.30. The number of fused-ring (bicyclic) bond motifs is 1. The van der Waals surface area contributed by atoms with Gasteiger partial charge in [-0.25, -0.2) is 0 Å². The van der Waals surface area contributed by atoms with Crippen LogP contribution < -0.4 is 4.74 Å². The number of methoxy groups -OCH3 is 1. The van der Waals surface area contributed by atoms with Crippen LogP contribution in [0.3, 0.4) is 0 Å². The van der Waals surface area contributed by atoms with Crippen molar-refractivity contribution in [2.45, 2.75) is 13.0 Å². The second-order valence-electron chi connectivity index (χ2n) is 4.33. The van der Waals surface area contributed by atoms with Gasteiger partial charge in [0.05, 0.1) is 26.0 Å². The first-order valence-corrected chi connectivity index (χ1v) is 6.43. The molecule has 0 amide bonds. The maximum atomic E-state index is 6.10. The molecule has 2 aromatic rings. The zero-order valence-electron chi connectivity index (χ0n) is 10.5. The van der Waals surface area contributed by atoms with E-state index in [1.807, 2.05) is 24.3 Å². The molecule has 0 spiro atoms. The molecule has 0 atom stereocenters. The third-order valence-electron chi connectivity index (χ3n) is 3.24. The number of aromatic nitrogens is 2. The zero-order valence-corrected chi connectivity index (χ0v) is 11.3. The van der Waals surface area contributed by atoms with Crippen LogP contribution >= 0.6 is 11.6 Å². The highest BCUT2D eigenvalue weighted by Gasteiger charge is 2.20. The number of hydrogen-bond donors (Lipinski definition) is 0. The van der Waals surface area contributed by atoms with E-state index < -0.39 is 0 Å². The molecule has 0 aliphatic carbocycles. The molecule has 2 heterocycles. The SMILES string of the molecule is COc1ccc(-c2nnc(Cl)c3c2COCC3)cc1. The van der Waals surface area contributed by atoms with Crippen molar-refractivity contribution in [3.63, 3.8) is 0 Å². The molecule has 0 fully saturated rings. The summed E-state index contributed by atoms with van der Waals surface area (Å²) in [6.07, 6.45) is 0.785. The summed E-state index contributed by atoms with van der Waals surface area (Å²) in [5, 5.41) is 8.74. The van der Waals surface area contributed by atoms with Crippen LogP contribution in [0.4, 0.5) is 0 Å². The van der Waals surface area contributed by atoms with Gasteiger partial charge in [-0.3, -0.25) is 0 Å². The highest BCUT2D eigenvalue weighted by Crippen LogP contribution is 2.31. The van der Waals surface area contributed by atoms with Crippen molar-refractivity contribution in [1.82, 2.24) is 10.2 Å². The summed E-state index contributed by atoms with van der Waals surface area (Å²) in [6, 6.07) is 7.74. The quantitative estimate of drug-likeness (QED) is 0.846. The van der Waals surface area contributed by atoms with Gasteiger partial charge in [-0.05, 0) is 30.7 Å². The van der Waals surface area contributed by atoms with Crippen molar-refractivity contribution in [2.75, 3.05) is 13.7 Å². The van der Waals surface area contributed by atoms with Crippen LogP contribution in [0.2, 0.25) is 5.15 Å². The molecular weight excluding hydrogens is 264 g/mol. The van der Waals surface area contributed by atoms with Gasteiger partial charge in [0.15, 0.2) is 5.15 Å². The number of halogens is 1. The van der Waals surface area contributed by atoms with Crippen LogP contribution in [0.15, 0.2) is 24.3 Å². The Morgan fingerprint density at radius 1 is 1.16 bits per heavy atom. The van der Waals surface area contributed by atoms with Crippen molar-refractivity contribution in [1.29, 1.82) is 0 Å². The van der Waals surface area contributed by atoms with Gasteiger partial charge < -0.3 is 9.47 Å². The van der Waals surface area contributed by atoms with Gasteiger partial charge >= 0.3 is 0 Å². The fourth-order valence-corrected chi connectivity index (χ4v) is 2.47. The molecular formula is C14H13ClN2O2. The number of benzene rings is 1. The minimum absolute atomic E-state index is 0.482. The molecule has 1 aromatic carbocycles. The molecule has 4 nitrogen and oxygen atoms in total. The van der Waals surface area contributed by atoms with Crippen molar-refractivity contribution in [2.24, 2.45) is 0 Å². The molecule has 1 aliphatic heterocycles. The molecule has 19 heavy (non-hydrogen) atoms. The molecule has 0 radical (unpaired) electrons. The van der Waals surface area contributed by atoms with E-state index >= 15 is 0 Å². The summed E-state index contributed by atoms with van der Waals surface area (Å²) >= 11 is 6.10. The van der Waals surface area contributed by atoms with Crippen molar-refractivity contribution in [3.8, 4) is 17.0 Å². The first kappa shape index (κ1) is 12.4. The van der Waals surface area contributed by atoms with Crippen LogP contribution in [0.5, 0.6) is 5.75 Å². The van der Waals surface area contributed by atoms with Gasteiger partial charge in [0, 0.05) is 16.7 Å². The first-order valence-electron chi connectivity index (χ1n) is 6.05. The molecule has 0 unspecified atom stereocenters.